The Kier molecular flexibility index (Phi) is 8.55. The van der Waals surface area contributed by atoms with Crippen molar-refractivity contribution in [2.45, 2.75) is 32.1 Å². The summed E-state index contributed by atoms with van der Waals surface area (Å²) in [5, 5.41) is 15.3. The highest BCUT2D eigenvalue weighted by atomic mass is 35.5. The molecule has 33 heavy (non-hydrogen) atoms. The Morgan fingerprint density at radius 3 is 2.61 bits per heavy atom. The Labute approximate surface area is 206 Å². The lowest BCUT2D eigenvalue weighted by Gasteiger charge is -2.10. The number of carbonyl (C=O) groups excluding carboxylic acids is 2. The van der Waals surface area contributed by atoms with Gasteiger partial charge in [-0.05, 0) is 55.3 Å². The van der Waals surface area contributed by atoms with Crippen LogP contribution in [0.25, 0.3) is 0 Å². The standard InChI is InChI=1S/C23H23Cl2N5O2S/c1-4-9-30-20(12-26-22(32)18-8-6-16(24)11-19(18)25)28-29-23(30)33-13-21(31)27-17-7-5-14(2)15(3)10-17/h4-8,10-11H,1,9,12-13H2,2-3H3,(H,26,32)(H,27,31). The van der Waals surface area contributed by atoms with Gasteiger partial charge < -0.3 is 15.2 Å². The molecule has 0 spiro atoms. The van der Waals surface area contributed by atoms with Crippen LogP contribution in [0.1, 0.15) is 27.3 Å². The minimum absolute atomic E-state index is 0.133. The molecule has 172 valence electrons. The highest BCUT2D eigenvalue weighted by molar-refractivity contribution is 7.99. The fourth-order valence-electron chi connectivity index (χ4n) is 2.94. The van der Waals surface area contributed by atoms with Crippen LogP contribution in [0.15, 0.2) is 54.2 Å². The number of carbonyl (C=O) groups is 2. The fraction of sp³-hybridized carbons (Fsp3) is 0.217. The smallest absolute Gasteiger partial charge is 0.253 e. The predicted molar refractivity (Wildman–Crippen MR) is 133 cm³/mol. The Morgan fingerprint density at radius 1 is 1.12 bits per heavy atom. The van der Waals surface area contributed by atoms with Crippen LogP contribution in [0.4, 0.5) is 5.69 Å². The van der Waals surface area contributed by atoms with Crippen molar-refractivity contribution < 1.29 is 9.59 Å². The van der Waals surface area contributed by atoms with Gasteiger partial charge in [0.2, 0.25) is 5.91 Å². The van der Waals surface area contributed by atoms with Crippen LogP contribution in [-0.2, 0) is 17.9 Å². The summed E-state index contributed by atoms with van der Waals surface area (Å²) < 4.78 is 1.80. The van der Waals surface area contributed by atoms with Crippen molar-refractivity contribution >= 4 is 52.5 Å². The SMILES string of the molecule is C=CCn1c(CNC(=O)c2ccc(Cl)cc2Cl)nnc1SCC(=O)Nc1ccc(C)c(C)c1. The topological polar surface area (TPSA) is 88.9 Å². The van der Waals surface area contributed by atoms with Crippen LogP contribution in [0, 0.1) is 13.8 Å². The van der Waals surface area contributed by atoms with Gasteiger partial charge in [0.25, 0.3) is 5.91 Å². The van der Waals surface area contributed by atoms with E-state index in [1.54, 1.807) is 22.8 Å². The van der Waals surface area contributed by atoms with Crippen molar-refractivity contribution in [1.29, 1.82) is 0 Å². The largest absolute Gasteiger partial charge is 0.345 e. The van der Waals surface area contributed by atoms with Gasteiger partial charge >= 0.3 is 0 Å². The summed E-state index contributed by atoms with van der Waals surface area (Å²) in [6.45, 7) is 8.35. The number of benzene rings is 2. The maximum absolute atomic E-state index is 12.5. The first kappa shape index (κ1) is 24.8. The minimum atomic E-state index is -0.355. The average Bonchev–Trinajstić information content (AvgIpc) is 3.15. The zero-order valence-electron chi connectivity index (χ0n) is 18.2. The molecule has 1 aromatic heterocycles. The van der Waals surface area contributed by atoms with Crippen molar-refractivity contribution in [1.82, 2.24) is 20.1 Å². The number of anilines is 1. The lowest BCUT2D eigenvalue weighted by molar-refractivity contribution is -0.113. The number of amides is 2. The summed E-state index contributed by atoms with van der Waals surface area (Å²) in [4.78, 5) is 24.9. The van der Waals surface area contributed by atoms with E-state index < -0.39 is 0 Å². The molecular weight excluding hydrogens is 481 g/mol. The van der Waals surface area contributed by atoms with Gasteiger partial charge in [0.15, 0.2) is 11.0 Å². The van der Waals surface area contributed by atoms with Crippen molar-refractivity contribution in [3.63, 3.8) is 0 Å². The van der Waals surface area contributed by atoms with E-state index in [1.807, 2.05) is 32.0 Å². The van der Waals surface area contributed by atoms with Crippen molar-refractivity contribution in [3.8, 4) is 0 Å². The van der Waals surface area contributed by atoms with Crippen LogP contribution in [0.2, 0.25) is 10.0 Å². The molecule has 1 heterocycles. The third-order valence-electron chi connectivity index (χ3n) is 4.81. The maximum Gasteiger partial charge on any atom is 0.253 e. The monoisotopic (exact) mass is 503 g/mol. The molecule has 3 aromatic rings. The van der Waals surface area contributed by atoms with E-state index in [-0.39, 0.29) is 29.1 Å². The van der Waals surface area contributed by atoms with E-state index in [9.17, 15) is 9.59 Å². The predicted octanol–water partition coefficient (Wildman–Crippen LogP) is 5.05. The van der Waals surface area contributed by atoms with Gasteiger partial charge in [-0.2, -0.15) is 0 Å². The molecule has 0 atom stereocenters. The first-order valence-corrected chi connectivity index (χ1v) is 11.8. The number of aryl methyl sites for hydroxylation is 2. The summed E-state index contributed by atoms with van der Waals surface area (Å²) in [6, 6.07) is 10.4. The van der Waals surface area contributed by atoms with Gasteiger partial charge in [-0.25, -0.2) is 0 Å². The maximum atomic E-state index is 12.5. The molecule has 0 bridgehead atoms. The van der Waals surface area contributed by atoms with Crippen LogP contribution in [-0.4, -0.2) is 32.3 Å². The van der Waals surface area contributed by atoms with E-state index in [4.69, 9.17) is 23.2 Å². The Bertz CT molecular complexity index is 1200. The molecule has 2 aromatic carbocycles. The summed E-state index contributed by atoms with van der Waals surface area (Å²) in [6.07, 6.45) is 1.70. The summed E-state index contributed by atoms with van der Waals surface area (Å²) >= 11 is 13.2. The third-order valence-corrected chi connectivity index (χ3v) is 6.33. The minimum Gasteiger partial charge on any atom is -0.345 e. The van der Waals surface area contributed by atoms with Crippen LogP contribution >= 0.6 is 35.0 Å². The molecule has 7 nitrogen and oxygen atoms in total. The van der Waals surface area contributed by atoms with Gasteiger partial charge in [-0.1, -0.05) is 47.1 Å². The molecule has 0 aliphatic heterocycles. The number of halogens is 2. The van der Waals surface area contributed by atoms with E-state index in [0.717, 1.165) is 16.8 Å². The third kappa shape index (κ3) is 6.60. The number of nitrogens with one attached hydrogen (secondary N) is 2. The van der Waals surface area contributed by atoms with E-state index >= 15 is 0 Å². The molecule has 0 fully saturated rings. The molecule has 2 amide bonds. The number of rotatable bonds is 9. The van der Waals surface area contributed by atoms with Crippen molar-refractivity contribution in [3.05, 3.63) is 81.6 Å². The summed E-state index contributed by atoms with van der Waals surface area (Å²) in [5.74, 6) is 0.190. The average molecular weight is 504 g/mol. The van der Waals surface area contributed by atoms with Gasteiger partial charge in [-0.3, -0.25) is 9.59 Å². The number of thioether (sulfide) groups is 1. The van der Waals surface area contributed by atoms with Gasteiger partial charge in [0, 0.05) is 17.3 Å². The lowest BCUT2D eigenvalue weighted by atomic mass is 10.1. The molecule has 0 saturated carbocycles. The second-order valence-corrected chi connectivity index (χ2v) is 9.03. The lowest BCUT2D eigenvalue weighted by Crippen LogP contribution is -2.25. The first-order valence-electron chi connectivity index (χ1n) is 10.0. The van der Waals surface area contributed by atoms with E-state index in [1.165, 1.54) is 17.8 Å². The zero-order valence-corrected chi connectivity index (χ0v) is 20.5. The number of hydrogen-bond donors (Lipinski definition) is 2. The number of nitrogens with zero attached hydrogens (tertiary/aromatic N) is 3. The van der Waals surface area contributed by atoms with Gasteiger partial charge in [0.05, 0.1) is 22.9 Å². The van der Waals surface area contributed by atoms with E-state index in [0.29, 0.717) is 28.1 Å². The second kappa shape index (κ2) is 11.4. The Balaban J connectivity index is 1.62. The molecule has 0 aliphatic rings. The van der Waals surface area contributed by atoms with Crippen LogP contribution < -0.4 is 10.6 Å². The normalized spacial score (nSPS) is 10.7. The molecule has 10 heteroatoms. The zero-order chi connectivity index (χ0) is 24.0. The molecular formula is C23H23Cl2N5O2S. The number of hydrogen-bond acceptors (Lipinski definition) is 5. The fourth-order valence-corrected chi connectivity index (χ4v) is 4.20. The summed E-state index contributed by atoms with van der Waals surface area (Å²) in [7, 11) is 0. The van der Waals surface area contributed by atoms with Crippen molar-refractivity contribution in [2.24, 2.45) is 0 Å². The second-order valence-electron chi connectivity index (χ2n) is 7.24. The van der Waals surface area contributed by atoms with Crippen LogP contribution in [0.3, 0.4) is 0 Å². The van der Waals surface area contributed by atoms with E-state index in [2.05, 4.69) is 27.4 Å². The molecule has 0 aliphatic carbocycles. The van der Waals surface area contributed by atoms with Gasteiger partial charge in [-0.15, -0.1) is 16.8 Å². The van der Waals surface area contributed by atoms with Crippen LogP contribution in [0.5, 0.6) is 0 Å². The number of allylic oxidation sites excluding steroid dienone is 1. The molecule has 2 N–H and O–H groups in total. The molecule has 3 rings (SSSR count). The van der Waals surface area contributed by atoms with Gasteiger partial charge in [0.1, 0.15) is 0 Å². The van der Waals surface area contributed by atoms with Crippen molar-refractivity contribution in [2.75, 3.05) is 11.1 Å². The molecule has 0 radical (unpaired) electrons. The Morgan fingerprint density at radius 2 is 1.91 bits per heavy atom. The first-order chi connectivity index (χ1) is 15.8. The Hall–Kier alpha value is -2.81. The highest BCUT2D eigenvalue weighted by Gasteiger charge is 2.16. The quantitative estimate of drug-likeness (QED) is 0.315. The highest BCUT2D eigenvalue weighted by Crippen LogP contribution is 2.22. The number of aromatic nitrogens is 3. The molecule has 0 saturated heterocycles. The molecule has 0 unspecified atom stereocenters. The summed E-state index contributed by atoms with van der Waals surface area (Å²) in [5.41, 5.74) is 3.34.